The summed E-state index contributed by atoms with van der Waals surface area (Å²) in [5, 5.41) is 1.17. The Morgan fingerprint density at radius 2 is 1.73 bits per heavy atom. The van der Waals surface area contributed by atoms with Gasteiger partial charge in [0.15, 0.2) is 14.1 Å². The number of aromatic nitrogens is 1. The number of ketones is 1. The summed E-state index contributed by atoms with van der Waals surface area (Å²) < 4.78 is 19.4. The summed E-state index contributed by atoms with van der Waals surface area (Å²) in [6.07, 6.45) is 3.92. The van der Waals surface area contributed by atoms with Crippen molar-refractivity contribution in [2.75, 3.05) is 6.61 Å². The molecule has 2 aromatic carbocycles. The van der Waals surface area contributed by atoms with Crippen LogP contribution in [-0.2, 0) is 17.3 Å². The molecule has 0 aliphatic heterocycles. The molecule has 5 heteroatoms. The summed E-state index contributed by atoms with van der Waals surface area (Å²) in [4.78, 5) is 16.0. The van der Waals surface area contributed by atoms with E-state index in [2.05, 4.69) is 51.0 Å². The molecule has 160 valence electrons. The van der Waals surface area contributed by atoms with Crippen molar-refractivity contribution >= 4 is 25.0 Å². The fourth-order valence-electron chi connectivity index (χ4n) is 3.26. The standard InChI is InChI=1S/C25H32FNO2Si/c1-25(2,3)30(4,5)29-14-6-7-18-10-13-23-21(15-18)22(17-27-23)24(28)16-19-8-11-20(26)12-9-19/h8-13,15,17,27H,6-7,14,16H2,1-5H3. The number of carbonyl (C=O) groups excluding carboxylic acids is 1. The first-order valence-corrected chi connectivity index (χ1v) is 13.5. The Kier molecular flexibility index (Phi) is 6.63. The highest BCUT2D eigenvalue weighted by atomic mass is 28.4. The zero-order chi connectivity index (χ0) is 21.9. The third-order valence-electron chi connectivity index (χ3n) is 6.20. The van der Waals surface area contributed by atoms with Gasteiger partial charge in [-0.05, 0) is 66.4 Å². The van der Waals surface area contributed by atoms with Crippen molar-refractivity contribution in [2.24, 2.45) is 0 Å². The minimum Gasteiger partial charge on any atom is -0.417 e. The lowest BCUT2D eigenvalue weighted by Crippen LogP contribution is -2.41. The van der Waals surface area contributed by atoms with Crippen LogP contribution in [0.15, 0.2) is 48.7 Å². The molecule has 0 fully saturated rings. The molecule has 0 radical (unpaired) electrons. The fraction of sp³-hybridized carbons (Fsp3) is 0.400. The predicted octanol–water partition coefficient (Wildman–Crippen LogP) is 6.69. The molecule has 0 spiro atoms. The van der Waals surface area contributed by atoms with Crippen molar-refractivity contribution in [3.63, 3.8) is 0 Å². The molecule has 3 nitrogen and oxygen atoms in total. The van der Waals surface area contributed by atoms with Gasteiger partial charge in [0.2, 0.25) is 0 Å². The minimum atomic E-state index is -1.71. The van der Waals surface area contributed by atoms with Gasteiger partial charge in [-0.3, -0.25) is 4.79 Å². The number of hydrogen-bond acceptors (Lipinski definition) is 2. The Hall–Kier alpha value is -2.24. The van der Waals surface area contributed by atoms with Crippen LogP contribution in [0.5, 0.6) is 0 Å². The summed E-state index contributed by atoms with van der Waals surface area (Å²) >= 11 is 0. The maximum absolute atomic E-state index is 13.1. The van der Waals surface area contributed by atoms with Gasteiger partial charge in [0, 0.05) is 35.7 Å². The molecule has 1 N–H and O–H groups in total. The maximum Gasteiger partial charge on any atom is 0.191 e. The van der Waals surface area contributed by atoms with Crippen LogP contribution in [0.3, 0.4) is 0 Å². The molecule has 1 heterocycles. The molecule has 0 aliphatic rings. The highest BCUT2D eigenvalue weighted by Gasteiger charge is 2.36. The third-order valence-corrected chi connectivity index (χ3v) is 10.7. The van der Waals surface area contributed by atoms with E-state index in [9.17, 15) is 9.18 Å². The van der Waals surface area contributed by atoms with Gasteiger partial charge in [-0.15, -0.1) is 0 Å². The molecule has 1 aromatic heterocycles. The zero-order valence-corrected chi connectivity index (χ0v) is 19.6. The van der Waals surface area contributed by atoms with E-state index in [-0.39, 0.29) is 23.1 Å². The maximum atomic E-state index is 13.1. The second-order valence-corrected chi connectivity index (χ2v) is 14.3. The molecule has 0 bridgehead atoms. The number of benzene rings is 2. The minimum absolute atomic E-state index is 0.0336. The lowest BCUT2D eigenvalue weighted by atomic mass is 10.0. The van der Waals surface area contributed by atoms with Gasteiger partial charge in [-0.1, -0.05) is 39.0 Å². The Bertz CT molecular complexity index is 1020. The van der Waals surface area contributed by atoms with Crippen LogP contribution in [-0.4, -0.2) is 25.7 Å². The molecular weight excluding hydrogens is 393 g/mol. The van der Waals surface area contributed by atoms with Crippen LogP contribution in [0.2, 0.25) is 18.1 Å². The summed E-state index contributed by atoms with van der Waals surface area (Å²) in [5.74, 6) is -0.258. The van der Waals surface area contributed by atoms with Gasteiger partial charge >= 0.3 is 0 Å². The highest BCUT2D eigenvalue weighted by Crippen LogP contribution is 2.36. The van der Waals surface area contributed by atoms with Crippen LogP contribution in [0, 0.1) is 5.82 Å². The number of nitrogens with one attached hydrogen (secondary N) is 1. The number of aromatic amines is 1. The van der Waals surface area contributed by atoms with Crippen LogP contribution >= 0.6 is 0 Å². The summed E-state index contributed by atoms with van der Waals surface area (Å²) in [5.41, 5.74) is 3.67. The summed E-state index contributed by atoms with van der Waals surface area (Å²) in [6.45, 7) is 12.1. The molecule has 30 heavy (non-hydrogen) atoms. The molecular formula is C25H32FNO2Si. The molecule has 0 saturated carbocycles. The first-order valence-electron chi connectivity index (χ1n) is 10.6. The van der Waals surface area contributed by atoms with Gasteiger partial charge < -0.3 is 9.41 Å². The number of hydrogen-bond donors (Lipinski definition) is 1. The van der Waals surface area contributed by atoms with E-state index in [1.807, 2.05) is 6.07 Å². The molecule has 0 unspecified atom stereocenters. The molecule has 0 amide bonds. The molecule has 0 saturated heterocycles. The average Bonchev–Trinajstić information content (AvgIpc) is 3.09. The largest absolute Gasteiger partial charge is 0.417 e. The van der Waals surface area contributed by atoms with Gasteiger partial charge in [-0.25, -0.2) is 4.39 Å². The Balaban J connectivity index is 1.66. The number of H-pyrrole nitrogens is 1. The van der Waals surface area contributed by atoms with Crippen molar-refractivity contribution < 1.29 is 13.6 Å². The topological polar surface area (TPSA) is 42.1 Å². The van der Waals surface area contributed by atoms with Crippen molar-refractivity contribution in [1.29, 1.82) is 0 Å². The van der Waals surface area contributed by atoms with E-state index < -0.39 is 8.32 Å². The van der Waals surface area contributed by atoms with Crippen LogP contribution in [0.1, 0.15) is 48.7 Å². The molecule has 0 aliphatic carbocycles. The van der Waals surface area contributed by atoms with E-state index in [0.29, 0.717) is 5.56 Å². The fourth-order valence-corrected chi connectivity index (χ4v) is 4.34. The predicted molar refractivity (Wildman–Crippen MR) is 124 cm³/mol. The number of halogens is 1. The van der Waals surface area contributed by atoms with Crippen molar-refractivity contribution in [1.82, 2.24) is 4.98 Å². The smallest absolute Gasteiger partial charge is 0.191 e. The normalized spacial score (nSPS) is 12.5. The third kappa shape index (κ3) is 5.27. The highest BCUT2D eigenvalue weighted by molar-refractivity contribution is 6.74. The number of fused-ring (bicyclic) bond motifs is 1. The first-order chi connectivity index (χ1) is 14.1. The van der Waals surface area contributed by atoms with Gasteiger partial charge in [0.05, 0.1) is 0 Å². The molecule has 3 rings (SSSR count). The van der Waals surface area contributed by atoms with Crippen LogP contribution in [0.4, 0.5) is 4.39 Å². The van der Waals surface area contributed by atoms with E-state index in [1.165, 1.54) is 17.7 Å². The SMILES string of the molecule is CC(C)(C)[Si](C)(C)OCCCc1ccc2[nH]cc(C(=O)Cc3ccc(F)cc3)c2c1. The summed E-state index contributed by atoms with van der Waals surface area (Å²) in [7, 11) is -1.71. The van der Waals surface area contributed by atoms with E-state index in [4.69, 9.17) is 4.43 Å². The second-order valence-electron chi connectivity index (χ2n) is 9.52. The van der Waals surface area contributed by atoms with Crippen molar-refractivity contribution in [3.05, 3.63) is 71.2 Å². The van der Waals surface area contributed by atoms with Crippen LogP contribution < -0.4 is 0 Å². The van der Waals surface area contributed by atoms with Crippen molar-refractivity contribution in [3.8, 4) is 0 Å². The van der Waals surface area contributed by atoms with E-state index in [1.54, 1.807) is 18.3 Å². The molecule has 3 aromatic rings. The van der Waals surface area contributed by atoms with Gasteiger partial charge in [0.25, 0.3) is 0 Å². The van der Waals surface area contributed by atoms with Crippen LogP contribution in [0.25, 0.3) is 10.9 Å². The van der Waals surface area contributed by atoms with Gasteiger partial charge in [-0.2, -0.15) is 0 Å². The van der Waals surface area contributed by atoms with Crippen molar-refractivity contribution in [2.45, 2.75) is 58.2 Å². The zero-order valence-electron chi connectivity index (χ0n) is 18.6. The lowest BCUT2D eigenvalue weighted by molar-refractivity contribution is 0.0994. The number of rotatable bonds is 8. The number of carbonyl (C=O) groups is 1. The summed E-state index contributed by atoms with van der Waals surface area (Å²) in [6, 6.07) is 12.4. The Morgan fingerprint density at radius 3 is 2.40 bits per heavy atom. The molecule has 0 atom stereocenters. The second kappa shape index (κ2) is 8.86. The quantitative estimate of drug-likeness (QED) is 0.248. The first kappa shape index (κ1) is 22.4. The number of aryl methyl sites for hydroxylation is 1. The number of Topliss-reactive ketones (excluding diaryl/α,β-unsaturated/α-hetero) is 1. The lowest BCUT2D eigenvalue weighted by Gasteiger charge is -2.36. The van der Waals surface area contributed by atoms with Gasteiger partial charge in [0.1, 0.15) is 5.82 Å². The Morgan fingerprint density at radius 1 is 1.07 bits per heavy atom. The van der Waals surface area contributed by atoms with E-state index in [0.717, 1.165) is 35.9 Å². The average molecular weight is 426 g/mol. The van der Waals surface area contributed by atoms with E-state index >= 15 is 0 Å². The Labute approximate surface area is 179 Å². The monoisotopic (exact) mass is 425 g/mol.